The topological polar surface area (TPSA) is 119 Å². The van der Waals surface area contributed by atoms with Crippen LogP contribution in [0.1, 0.15) is 0 Å². The Bertz CT molecular complexity index is 1230. The predicted octanol–water partition coefficient (Wildman–Crippen LogP) is 1.92. The van der Waals surface area contributed by atoms with Crippen LogP contribution in [-0.4, -0.2) is 24.4 Å². The number of benzene rings is 2. The fourth-order valence-electron chi connectivity index (χ4n) is 2.94. The van der Waals surface area contributed by atoms with Gasteiger partial charge < -0.3 is 28.5 Å². The molecule has 0 bridgehead atoms. The van der Waals surface area contributed by atoms with Gasteiger partial charge in [0.25, 0.3) is 0 Å². The van der Waals surface area contributed by atoms with E-state index in [2.05, 4.69) is 0 Å². The van der Waals surface area contributed by atoms with Crippen molar-refractivity contribution in [1.29, 1.82) is 0 Å². The number of hydrogen-bond acceptors (Lipinski definition) is 8. The number of hydrogen-bond donors (Lipinski definition) is 2. The molecule has 0 radical (unpaired) electrons. The van der Waals surface area contributed by atoms with Crippen LogP contribution < -0.4 is 20.7 Å². The molecule has 0 amide bonds. The number of ether oxygens (including phenoxy) is 2. The summed E-state index contributed by atoms with van der Waals surface area (Å²) < 4.78 is 20.5. The average Bonchev–Trinajstić information content (AvgIpc) is 2.55. The molecule has 8 nitrogen and oxygen atoms in total. The SMILES string of the molecule is COc1cc2oc(=O)c3cc(O)c(OC)c4oc(=O)c(c1O)c2c43. The molecule has 4 aromatic rings. The fourth-order valence-corrected chi connectivity index (χ4v) is 2.94. The maximum atomic E-state index is 12.4. The van der Waals surface area contributed by atoms with Crippen LogP contribution in [-0.2, 0) is 0 Å². The van der Waals surface area contributed by atoms with E-state index >= 15 is 0 Å². The lowest BCUT2D eigenvalue weighted by Gasteiger charge is -2.13. The molecule has 0 fully saturated rings. The van der Waals surface area contributed by atoms with Crippen molar-refractivity contribution in [3.63, 3.8) is 0 Å². The third-order valence-electron chi connectivity index (χ3n) is 3.94. The van der Waals surface area contributed by atoms with E-state index in [0.29, 0.717) is 0 Å². The maximum Gasteiger partial charge on any atom is 0.348 e. The molecule has 122 valence electrons. The van der Waals surface area contributed by atoms with Gasteiger partial charge in [-0.3, -0.25) is 0 Å². The second-order valence-corrected chi connectivity index (χ2v) is 5.14. The third-order valence-corrected chi connectivity index (χ3v) is 3.94. The Morgan fingerprint density at radius 3 is 2.33 bits per heavy atom. The molecule has 2 heterocycles. The predicted molar refractivity (Wildman–Crippen MR) is 83.7 cm³/mol. The zero-order valence-corrected chi connectivity index (χ0v) is 12.5. The van der Waals surface area contributed by atoms with E-state index in [1.165, 1.54) is 20.3 Å². The van der Waals surface area contributed by atoms with Gasteiger partial charge in [-0.15, -0.1) is 0 Å². The molecule has 2 N–H and O–H groups in total. The number of aromatic hydroxyl groups is 2. The number of methoxy groups -OCH3 is 2. The Morgan fingerprint density at radius 2 is 1.67 bits per heavy atom. The second kappa shape index (κ2) is 4.54. The molecular formula is C16H10O8. The molecule has 0 aliphatic carbocycles. The summed E-state index contributed by atoms with van der Waals surface area (Å²) in [4.78, 5) is 24.6. The van der Waals surface area contributed by atoms with E-state index in [0.717, 1.165) is 6.07 Å². The third kappa shape index (κ3) is 1.56. The Hall–Kier alpha value is -3.42. The fraction of sp³-hybridized carbons (Fsp3) is 0.125. The zero-order chi connectivity index (χ0) is 17.2. The molecule has 2 aromatic heterocycles. The summed E-state index contributed by atoms with van der Waals surface area (Å²) in [7, 11) is 2.59. The van der Waals surface area contributed by atoms with Gasteiger partial charge in [-0.05, 0) is 6.07 Å². The molecule has 0 aliphatic heterocycles. The van der Waals surface area contributed by atoms with Crippen LogP contribution in [0.4, 0.5) is 0 Å². The van der Waals surface area contributed by atoms with Crippen molar-refractivity contribution in [1.82, 2.24) is 0 Å². The lowest BCUT2D eigenvalue weighted by molar-refractivity contribution is 0.368. The van der Waals surface area contributed by atoms with Crippen LogP contribution in [0.25, 0.3) is 32.7 Å². The lowest BCUT2D eigenvalue weighted by Crippen LogP contribution is -2.08. The van der Waals surface area contributed by atoms with Crippen molar-refractivity contribution in [2.75, 3.05) is 14.2 Å². The maximum absolute atomic E-state index is 12.4. The first-order valence-corrected chi connectivity index (χ1v) is 6.80. The summed E-state index contributed by atoms with van der Waals surface area (Å²) in [5.41, 5.74) is -1.69. The van der Waals surface area contributed by atoms with Crippen LogP contribution in [0.3, 0.4) is 0 Å². The highest BCUT2D eigenvalue weighted by Crippen LogP contribution is 2.44. The van der Waals surface area contributed by atoms with Crippen LogP contribution >= 0.6 is 0 Å². The van der Waals surface area contributed by atoms with Crippen LogP contribution in [0.5, 0.6) is 23.0 Å². The first kappa shape index (κ1) is 14.2. The minimum absolute atomic E-state index is 0.00545. The van der Waals surface area contributed by atoms with Gasteiger partial charge in [-0.25, -0.2) is 9.59 Å². The van der Waals surface area contributed by atoms with E-state index in [1.807, 2.05) is 0 Å². The summed E-state index contributed by atoms with van der Waals surface area (Å²) in [6.07, 6.45) is 0. The second-order valence-electron chi connectivity index (χ2n) is 5.14. The molecule has 4 rings (SSSR count). The number of rotatable bonds is 2. The van der Waals surface area contributed by atoms with Gasteiger partial charge in [0, 0.05) is 16.8 Å². The van der Waals surface area contributed by atoms with E-state index in [-0.39, 0.29) is 50.0 Å². The zero-order valence-electron chi connectivity index (χ0n) is 12.5. The van der Waals surface area contributed by atoms with Gasteiger partial charge in [0.1, 0.15) is 11.0 Å². The largest absolute Gasteiger partial charge is 0.504 e. The van der Waals surface area contributed by atoms with E-state index in [9.17, 15) is 19.8 Å². The molecular weight excluding hydrogens is 320 g/mol. The standard InChI is InChI=1S/C16H10O8/c1-21-8-4-7-10-9-5(15(19)23-7)3-6(17)13(22-2)14(9)24-16(20)11(10)12(8)18/h3-4,17-18H,1-2H3. The molecule has 0 saturated heterocycles. The Kier molecular flexibility index (Phi) is 2.69. The normalized spacial score (nSPS) is 11.6. The summed E-state index contributed by atoms with van der Waals surface area (Å²) in [6.45, 7) is 0. The van der Waals surface area contributed by atoms with Gasteiger partial charge in [0.05, 0.1) is 19.6 Å². The van der Waals surface area contributed by atoms with Crippen LogP contribution in [0, 0.1) is 0 Å². The van der Waals surface area contributed by atoms with Crippen molar-refractivity contribution in [2.24, 2.45) is 0 Å². The van der Waals surface area contributed by atoms with E-state index in [1.54, 1.807) is 0 Å². The van der Waals surface area contributed by atoms with Gasteiger partial charge in [0.2, 0.25) is 5.75 Å². The Labute approximate surface area is 132 Å². The van der Waals surface area contributed by atoms with Gasteiger partial charge in [0.15, 0.2) is 22.8 Å². The summed E-state index contributed by atoms with van der Waals surface area (Å²) in [5, 5.41) is 20.5. The Balaban J connectivity index is 2.46. The lowest BCUT2D eigenvalue weighted by atomic mass is 10.0. The molecule has 0 spiro atoms. The first-order valence-electron chi connectivity index (χ1n) is 6.80. The molecule has 0 unspecified atom stereocenters. The van der Waals surface area contributed by atoms with Gasteiger partial charge in [-0.1, -0.05) is 0 Å². The average molecular weight is 330 g/mol. The molecule has 8 heteroatoms. The van der Waals surface area contributed by atoms with Crippen molar-refractivity contribution in [3.8, 4) is 23.0 Å². The van der Waals surface area contributed by atoms with E-state index < -0.39 is 17.0 Å². The van der Waals surface area contributed by atoms with Crippen molar-refractivity contribution in [3.05, 3.63) is 33.0 Å². The number of phenolic OH excluding ortho intramolecular Hbond substituents is 2. The molecule has 24 heavy (non-hydrogen) atoms. The first-order chi connectivity index (χ1) is 11.5. The van der Waals surface area contributed by atoms with Gasteiger partial charge >= 0.3 is 11.3 Å². The Morgan fingerprint density at radius 1 is 0.917 bits per heavy atom. The summed E-state index contributed by atoms with van der Waals surface area (Å²) >= 11 is 0. The smallest absolute Gasteiger partial charge is 0.348 e. The summed E-state index contributed by atoms with van der Waals surface area (Å²) in [6, 6.07) is 2.46. The van der Waals surface area contributed by atoms with Crippen LogP contribution in [0.2, 0.25) is 0 Å². The monoisotopic (exact) mass is 330 g/mol. The minimum Gasteiger partial charge on any atom is -0.504 e. The molecule has 0 aliphatic rings. The quantitative estimate of drug-likeness (QED) is 0.422. The highest BCUT2D eigenvalue weighted by atomic mass is 16.5. The van der Waals surface area contributed by atoms with Crippen molar-refractivity contribution >= 4 is 32.7 Å². The molecule has 2 aromatic carbocycles. The minimum atomic E-state index is -0.886. The summed E-state index contributed by atoms with van der Waals surface area (Å²) in [5.74, 6) is -0.932. The van der Waals surface area contributed by atoms with Crippen molar-refractivity contribution in [2.45, 2.75) is 0 Å². The van der Waals surface area contributed by atoms with Gasteiger partial charge in [-0.2, -0.15) is 0 Å². The molecule has 0 saturated carbocycles. The highest BCUT2D eigenvalue weighted by molar-refractivity contribution is 6.22. The number of phenols is 2. The van der Waals surface area contributed by atoms with Crippen molar-refractivity contribution < 1.29 is 28.5 Å². The highest BCUT2D eigenvalue weighted by Gasteiger charge is 2.26. The van der Waals surface area contributed by atoms with E-state index in [4.69, 9.17) is 18.3 Å². The molecule has 0 atom stereocenters. The van der Waals surface area contributed by atoms with Crippen LogP contribution in [0.15, 0.2) is 30.6 Å².